The number of nitrogens with one attached hydrogen (secondary N) is 1. The summed E-state index contributed by atoms with van der Waals surface area (Å²) in [6, 6.07) is 8.90. The Labute approximate surface area is 160 Å². The first-order chi connectivity index (χ1) is 12.8. The summed E-state index contributed by atoms with van der Waals surface area (Å²) in [7, 11) is -3.67. The second kappa shape index (κ2) is 7.78. The molecule has 0 fully saturated rings. The van der Waals surface area contributed by atoms with Gasteiger partial charge in [0.1, 0.15) is 5.75 Å². The first-order valence-corrected chi connectivity index (χ1v) is 10.5. The maximum Gasteiger partial charge on any atom is 0.241 e. The number of sulfonamides is 1. The molecule has 0 radical (unpaired) electrons. The van der Waals surface area contributed by atoms with Crippen LogP contribution in [0.4, 0.5) is 0 Å². The molecule has 7 heteroatoms. The Morgan fingerprint density at radius 3 is 2.59 bits per heavy atom. The van der Waals surface area contributed by atoms with Crippen molar-refractivity contribution in [1.82, 2.24) is 4.72 Å². The van der Waals surface area contributed by atoms with Gasteiger partial charge in [0.2, 0.25) is 16.8 Å². The Hall–Kier alpha value is -2.25. The van der Waals surface area contributed by atoms with Gasteiger partial charge in [0, 0.05) is 6.54 Å². The zero-order valence-corrected chi connectivity index (χ0v) is 16.9. The lowest BCUT2D eigenvalue weighted by atomic mass is 10.0. The van der Waals surface area contributed by atoms with Gasteiger partial charge < -0.3 is 14.2 Å². The van der Waals surface area contributed by atoms with Crippen LogP contribution in [0.1, 0.15) is 43.4 Å². The van der Waals surface area contributed by atoms with Crippen LogP contribution in [-0.2, 0) is 16.6 Å². The van der Waals surface area contributed by atoms with Gasteiger partial charge in [0.15, 0.2) is 11.5 Å². The molecule has 6 nitrogen and oxygen atoms in total. The predicted molar refractivity (Wildman–Crippen MR) is 103 cm³/mol. The van der Waals surface area contributed by atoms with E-state index in [-0.39, 0.29) is 24.2 Å². The lowest BCUT2D eigenvalue weighted by Crippen LogP contribution is -2.24. The summed E-state index contributed by atoms with van der Waals surface area (Å²) in [6.45, 7) is 8.62. The highest BCUT2D eigenvalue weighted by Crippen LogP contribution is 2.33. The van der Waals surface area contributed by atoms with Crippen molar-refractivity contribution in [2.75, 3.05) is 13.4 Å². The second-order valence-corrected chi connectivity index (χ2v) is 8.49. The number of rotatable bonds is 7. The van der Waals surface area contributed by atoms with Gasteiger partial charge in [-0.25, -0.2) is 13.1 Å². The highest BCUT2D eigenvalue weighted by atomic mass is 32.2. The highest BCUT2D eigenvalue weighted by Gasteiger charge is 2.21. The predicted octanol–water partition coefficient (Wildman–Crippen LogP) is 3.72. The van der Waals surface area contributed by atoms with Crippen molar-refractivity contribution >= 4 is 10.0 Å². The Morgan fingerprint density at radius 2 is 1.89 bits per heavy atom. The molecule has 0 saturated carbocycles. The minimum Gasteiger partial charge on any atom is -0.494 e. The summed E-state index contributed by atoms with van der Waals surface area (Å²) in [5.41, 5.74) is 2.34. The number of ether oxygens (including phenoxy) is 3. The number of fused-ring (bicyclic) bond motifs is 1. The average Bonchev–Trinajstić information content (AvgIpc) is 3.07. The van der Waals surface area contributed by atoms with Crippen LogP contribution in [0.3, 0.4) is 0 Å². The third kappa shape index (κ3) is 4.20. The first kappa shape index (κ1) is 19.5. The van der Waals surface area contributed by atoms with Gasteiger partial charge in [-0.2, -0.15) is 0 Å². The van der Waals surface area contributed by atoms with Gasteiger partial charge in [0.05, 0.1) is 11.5 Å². The zero-order valence-electron chi connectivity index (χ0n) is 16.0. The molecule has 0 aliphatic carbocycles. The number of aryl methyl sites for hydroxylation is 1. The van der Waals surface area contributed by atoms with E-state index in [1.54, 1.807) is 31.2 Å². The average molecular weight is 391 g/mol. The molecule has 27 heavy (non-hydrogen) atoms. The van der Waals surface area contributed by atoms with E-state index in [2.05, 4.69) is 4.72 Å². The van der Waals surface area contributed by atoms with E-state index in [4.69, 9.17) is 14.2 Å². The lowest BCUT2D eigenvalue weighted by Gasteiger charge is -2.17. The van der Waals surface area contributed by atoms with Crippen molar-refractivity contribution in [2.45, 2.75) is 45.1 Å². The quantitative estimate of drug-likeness (QED) is 0.779. The highest BCUT2D eigenvalue weighted by molar-refractivity contribution is 7.89. The molecule has 2 aromatic carbocycles. The lowest BCUT2D eigenvalue weighted by molar-refractivity contribution is 0.174. The van der Waals surface area contributed by atoms with Crippen molar-refractivity contribution in [2.24, 2.45) is 0 Å². The molecule has 1 aliphatic rings. The van der Waals surface area contributed by atoms with E-state index >= 15 is 0 Å². The van der Waals surface area contributed by atoms with Crippen molar-refractivity contribution < 1.29 is 22.6 Å². The minimum absolute atomic E-state index is 0.148. The van der Waals surface area contributed by atoms with Crippen LogP contribution in [0, 0.1) is 6.92 Å². The molecular weight excluding hydrogens is 366 g/mol. The number of hydrogen-bond acceptors (Lipinski definition) is 5. The normalized spacial score (nSPS) is 13.2. The first-order valence-electron chi connectivity index (χ1n) is 8.97. The molecular formula is C20H25NO5S. The molecule has 0 aromatic heterocycles. The molecule has 0 atom stereocenters. The summed E-state index contributed by atoms with van der Waals surface area (Å²) in [5.74, 6) is 2.19. The van der Waals surface area contributed by atoms with Crippen LogP contribution in [0.5, 0.6) is 17.2 Å². The van der Waals surface area contributed by atoms with Gasteiger partial charge in [-0.3, -0.25) is 0 Å². The summed E-state index contributed by atoms with van der Waals surface area (Å²) in [5, 5.41) is 0. The SMILES string of the molecule is CCOc1cc(C)c(S(=O)(=O)NCc2ccc3c(c2)OCO3)cc1C(C)C. The van der Waals surface area contributed by atoms with Crippen molar-refractivity contribution in [1.29, 1.82) is 0 Å². The van der Waals surface area contributed by atoms with Crippen LogP contribution in [0.15, 0.2) is 35.2 Å². The smallest absolute Gasteiger partial charge is 0.241 e. The molecule has 0 spiro atoms. The van der Waals surface area contributed by atoms with E-state index in [9.17, 15) is 8.42 Å². The van der Waals surface area contributed by atoms with Crippen LogP contribution in [0.2, 0.25) is 0 Å². The Morgan fingerprint density at radius 1 is 1.15 bits per heavy atom. The second-order valence-electron chi connectivity index (χ2n) is 6.76. The molecule has 0 bridgehead atoms. The van der Waals surface area contributed by atoms with Crippen molar-refractivity contribution in [3.05, 3.63) is 47.0 Å². The summed E-state index contributed by atoms with van der Waals surface area (Å²) in [4.78, 5) is 0.274. The molecule has 146 valence electrons. The third-order valence-electron chi connectivity index (χ3n) is 4.42. The van der Waals surface area contributed by atoms with Gasteiger partial charge in [-0.15, -0.1) is 0 Å². The van der Waals surface area contributed by atoms with Gasteiger partial charge in [-0.1, -0.05) is 19.9 Å². The van der Waals surface area contributed by atoms with Crippen molar-refractivity contribution in [3.63, 3.8) is 0 Å². The van der Waals surface area contributed by atoms with Crippen molar-refractivity contribution in [3.8, 4) is 17.2 Å². The van der Waals surface area contributed by atoms with E-state index in [0.29, 0.717) is 23.7 Å². The fourth-order valence-corrected chi connectivity index (χ4v) is 4.28. The monoisotopic (exact) mass is 391 g/mol. The van der Waals surface area contributed by atoms with Crippen LogP contribution in [0.25, 0.3) is 0 Å². The molecule has 0 unspecified atom stereocenters. The van der Waals surface area contributed by atoms with Gasteiger partial charge >= 0.3 is 0 Å². The fourth-order valence-electron chi connectivity index (χ4n) is 3.01. The molecule has 1 N–H and O–H groups in total. The zero-order chi connectivity index (χ0) is 19.6. The Balaban J connectivity index is 1.84. The molecule has 1 heterocycles. The Bertz CT molecular complexity index is 938. The van der Waals surface area contributed by atoms with E-state index in [0.717, 1.165) is 16.9 Å². The summed E-state index contributed by atoms with van der Waals surface area (Å²) in [6.07, 6.45) is 0. The molecule has 0 saturated heterocycles. The molecule has 0 amide bonds. The Kier molecular flexibility index (Phi) is 5.62. The van der Waals surface area contributed by atoms with Crippen LogP contribution >= 0.6 is 0 Å². The molecule has 1 aliphatic heterocycles. The van der Waals surface area contributed by atoms with Crippen LogP contribution < -0.4 is 18.9 Å². The van der Waals surface area contributed by atoms with E-state index < -0.39 is 10.0 Å². The van der Waals surface area contributed by atoms with E-state index in [1.165, 1.54) is 0 Å². The maximum absolute atomic E-state index is 12.9. The molecule has 2 aromatic rings. The van der Waals surface area contributed by atoms with Crippen LogP contribution in [-0.4, -0.2) is 21.8 Å². The summed E-state index contributed by atoms with van der Waals surface area (Å²) >= 11 is 0. The third-order valence-corrected chi connectivity index (χ3v) is 5.97. The standard InChI is InChI=1S/C20H25NO5S/c1-5-24-18-8-14(4)20(10-16(18)13(2)3)27(22,23)21-11-15-6-7-17-19(9-15)26-12-25-17/h6-10,13,21H,5,11-12H2,1-4H3. The number of hydrogen-bond donors (Lipinski definition) is 1. The minimum atomic E-state index is -3.67. The fraction of sp³-hybridized carbons (Fsp3) is 0.400. The molecule has 3 rings (SSSR count). The van der Waals surface area contributed by atoms with Gasteiger partial charge in [-0.05, 0) is 60.7 Å². The van der Waals surface area contributed by atoms with Gasteiger partial charge in [0.25, 0.3) is 0 Å². The number of benzene rings is 2. The van der Waals surface area contributed by atoms with E-state index in [1.807, 2.05) is 26.8 Å². The summed E-state index contributed by atoms with van der Waals surface area (Å²) < 4.78 is 44.8. The topological polar surface area (TPSA) is 73.9 Å². The maximum atomic E-state index is 12.9. The largest absolute Gasteiger partial charge is 0.494 e.